The summed E-state index contributed by atoms with van der Waals surface area (Å²) in [5.41, 5.74) is 1.88. The van der Waals surface area contributed by atoms with Gasteiger partial charge < -0.3 is 29.7 Å². The molecule has 1 amide bonds. The van der Waals surface area contributed by atoms with Crippen LogP contribution >= 0.6 is 0 Å². The number of aromatic hydroxyl groups is 1. The molecule has 0 aliphatic carbocycles. The first-order chi connectivity index (χ1) is 20.4. The van der Waals surface area contributed by atoms with Crippen LogP contribution < -0.4 is 19.5 Å². The molecular weight excluding hydrogens is 567 g/mol. The van der Waals surface area contributed by atoms with Gasteiger partial charge in [-0.2, -0.15) is 13.2 Å². The first-order valence-corrected chi connectivity index (χ1v) is 12.9. The zero-order valence-electron chi connectivity index (χ0n) is 23.4. The van der Waals surface area contributed by atoms with E-state index < -0.39 is 35.4 Å². The summed E-state index contributed by atoms with van der Waals surface area (Å²) in [6, 6.07) is 17.5. The molecule has 0 aliphatic heterocycles. The van der Waals surface area contributed by atoms with Crippen molar-refractivity contribution in [2.24, 2.45) is 0 Å². The molecule has 1 atom stereocenters. The Balaban J connectivity index is 1.52. The highest BCUT2D eigenvalue weighted by Gasteiger charge is 2.30. The van der Waals surface area contributed by atoms with Crippen molar-refractivity contribution in [2.75, 3.05) is 21.3 Å². The standard InChI is InChI=1S/C32H28F3NO7/c1-41-27-16-22(17-28(42-2)29(27)43-3)20-6-4-18(5-7-20)14-25(31(39)40)36-30(38)24-15-21(10-13-26(24)37)19-8-11-23(12-9-19)32(33,34)35/h4-13,15-17,25,37H,14H2,1-3H3,(H,36,38)(H,39,40)/t25-/m0/s1. The van der Waals surface area contributed by atoms with Crippen LogP contribution in [-0.4, -0.2) is 49.5 Å². The Kier molecular flexibility index (Phi) is 9.13. The van der Waals surface area contributed by atoms with E-state index in [0.717, 1.165) is 23.3 Å². The Hall–Kier alpha value is -5.19. The minimum Gasteiger partial charge on any atom is -0.507 e. The highest BCUT2D eigenvalue weighted by molar-refractivity contribution is 6.00. The molecule has 0 spiro atoms. The van der Waals surface area contributed by atoms with Crippen LogP contribution in [0, 0.1) is 0 Å². The molecule has 0 fully saturated rings. The summed E-state index contributed by atoms with van der Waals surface area (Å²) in [4.78, 5) is 25.1. The molecule has 0 unspecified atom stereocenters. The minimum atomic E-state index is -4.50. The number of carbonyl (C=O) groups is 2. The molecule has 4 aromatic carbocycles. The second-order valence-electron chi connectivity index (χ2n) is 9.49. The fourth-order valence-corrected chi connectivity index (χ4v) is 4.50. The summed E-state index contributed by atoms with van der Waals surface area (Å²) in [7, 11) is 4.52. The van der Waals surface area contributed by atoms with Crippen molar-refractivity contribution in [1.29, 1.82) is 0 Å². The molecule has 0 heterocycles. The number of carboxylic acid groups (broad SMARTS) is 1. The fraction of sp³-hybridized carbons (Fsp3) is 0.188. The van der Waals surface area contributed by atoms with Gasteiger partial charge in [0.1, 0.15) is 11.8 Å². The Bertz CT molecular complexity index is 1590. The molecule has 0 aliphatic rings. The highest BCUT2D eigenvalue weighted by atomic mass is 19.4. The molecule has 0 aromatic heterocycles. The van der Waals surface area contributed by atoms with Crippen molar-refractivity contribution in [3.05, 3.63) is 95.6 Å². The number of amides is 1. The van der Waals surface area contributed by atoms with Gasteiger partial charge in [-0.15, -0.1) is 0 Å². The number of rotatable bonds is 10. The second kappa shape index (κ2) is 12.8. The number of alkyl halides is 3. The summed E-state index contributed by atoms with van der Waals surface area (Å²) in [5.74, 6) is -1.16. The lowest BCUT2D eigenvalue weighted by Gasteiger charge is -2.17. The van der Waals surface area contributed by atoms with E-state index in [0.29, 0.717) is 33.9 Å². The second-order valence-corrected chi connectivity index (χ2v) is 9.49. The largest absolute Gasteiger partial charge is 0.507 e. The van der Waals surface area contributed by atoms with Crippen LogP contribution in [0.15, 0.2) is 78.9 Å². The Morgan fingerprint density at radius 2 is 1.30 bits per heavy atom. The van der Waals surface area contributed by atoms with Crippen molar-refractivity contribution in [2.45, 2.75) is 18.6 Å². The molecule has 11 heteroatoms. The van der Waals surface area contributed by atoms with Crippen molar-refractivity contribution < 1.29 is 47.2 Å². The van der Waals surface area contributed by atoms with Crippen LogP contribution in [0.5, 0.6) is 23.0 Å². The Morgan fingerprint density at radius 1 is 0.767 bits per heavy atom. The highest BCUT2D eigenvalue weighted by Crippen LogP contribution is 2.41. The number of benzene rings is 4. The number of halogens is 3. The normalized spacial score (nSPS) is 11.9. The van der Waals surface area contributed by atoms with Crippen molar-refractivity contribution in [3.8, 4) is 45.3 Å². The quantitative estimate of drug-likeness (QED) is 0.200. The van der Waals surface area contributed by atoms with Crippen molar-refractivity contribution in [1.82, 2.24) is 5.32 Å². The molecule has 0 bridgehead atoms. The number of phenols is 1. The van der Waals surface area contributed by atoms with E-state index in [9.17, 15) is 33.0 Å². The molecule has 4 aromatic rings. The molecule has 0 saturated carbocycles. The maximum atomic E-state index is 13.0. The average molecular weight is 596 g/mol. The van der Waals surface area contributed by atoms with Gasteiger partial charge in [0.05, 0.1) is 32.5 Å². The molecule has 43 heavy (non-hydrogen) atoms. The fourth-order valence-electron chi connectivity index (χ4n) is 4.50. The number of nitrogens with one attached hydrogen (secondary N) is 1. The minimum absolute atomic E-state index is 0.0596. The van der Waals surface area contributed by atoms with Gasteiger partial charge in [0.25, 0.3) is 5.91 Å². The summed E-state index contributed by atoms with van der Waals surface area (Å²) in [6.45, 7) is 0. The summed E-state index contributed by atoms with van der Waals surface area (Å²) in [6.07, 6.45) is -4.56. The Morgan fingerprint density at radius 3 is 1.81 bits per heavy atom. The van der Waals surface area contributed by atoms with E-state index >= 15 is 0 Å². The van der Waals surface area contributed by atoms with Crippen molar-refractivity contribution >= 4 is 11.9 Å². The van der Waals surface area contributed by atoms with Crippen LogP contribution in [0.3, 0.4) is 0 Å². The predicted octanol–water partition coefficient (Wildman–Crippen LogP) is 6.20. The van der Waals surface area contributed by atoms with Gasteiger partial charge in [0.15, 0.2) is 11.5 Å². The third kappa shape index (κ3) is 7.00. The van der Waals surface area contributed by atoms with Crippen molar-refractivity contribution in [3.63, 3.8) is 0 Å². The molecule has 0 saturated heterocycles. The Labute approximate surface area is 245 Å². The smallest absolute Gasteiger partial charge is 0.416 e. The van der Waals surface area contributed by atoms with Crippen LogP contribution in [0.1, 0.15) is 21.5 Å². The number of carbonyl (C=O) groups excluding carboxylic acids is 1. The SMILES string of the molecule is COc1cc(-c2ccc(C[C@H](NC(=O)c3cc(-c4ccc(C(F)(F)F)cc4)ccc3O)C(=O)O)cc2)cc(OC)c1OC. The monoisotopic (exact) mass is 595 g/mol. The number of methoxy groups -OCH3 is 3. The maximum absolute atomic E-state index is 13.0. The number of phenolic OH excluding ortho intramolecular Hbond substituents is 1. The summed E-state index contributed by atoms with van der Waals surface area (Å²) >= 11 is 0. The molecule has 3 N–H and O–H groups in total. The van der Waals surface area contributed by atoms with E-state index in [2.05, 4.69) is 5.32 Å². The number of carboxylic acids is 1. The zero-order valence-corrected chi connectivity index (χ0v) is 23.4. The number of hydrogen-bond donors (Lipinski definition) is 3. The lowest BCUT2D eigenvalue weighted by molar-refractivity contribution is -0.139. The molecule has 224 valence electrons. The van der Waals surface area contributed by atoms with Gasteiger partial charge in [-0.3, -0.25) is 4.79 Å². The number of aliphatic carboxylic acids is 1. The summed E-state index contributed by atoms with van der Waals surface area (Å²) < 4.78 is 54.9. The lowest BCUT2D eigenvalue weighted by Crippen LogP contribution is -2.42. The van der Waals surface area contributed by atoms with E-state index in [4.69, 9.17) is 14.2 Å². The average Bonchev–Trinajstić information content (AvgIpc) is 3.00. The van der Waals surface area contributed by atoms with E-state index in [-0.39, 0.29) is 12.0 Å². The topological polar surface area (TPSA) is 114 Å². The van der Waals surface area contributed by atoms with Gasteiger partial charge in [-0.25, -0.2) is 4.79 Å². The van der Waals surface area contributed by atoms with Gasteiger partial charge in [-0.1, -0.05) is 42.5 Å². The zero-order chi connectivity index (χ0) is 31.3. The van der Waals surface area contributed by atoms with Gasteiger partial charge in [0.2, 0.25) is 5.75 Å². The van der Waals surface area contributed by atoms with Gasteiger partial charge in [-0.05, 0) is 64.2 Å². The number of ether oxygens (including phenoxy) is 3. The third-order valence-corrected chi connectivity index (χ3v) is 6.78. The first-order valence-electron chi connectivity index (χ1n) is 12.9. The van der Waals surface area contributed by atoms with Crippen LogP contribution in [-0.2, 0) is 17.4 Å². The van der Waals surface area contributed by atoms with E-state index in [1.165, 1.54) is 51.7 Å². The van der Waals surface area contributed by atoms with E-state index in [1.54, 1.807) is 36.4 Å². The van der Waals surface area contributed by atoms with Gasteiger partial charge in [0, 0.05) is 6.42 Å². The lowest BCUT2D eigenvalue weighted by atomic mass is 9.99. The first kappa shape index (κ1) is 30.8. The van der Waals surface area contributed by atoms with E-state index in [1.807, 2.05) is 0 Å². The van der Waals surface area contributed by atoms with Crippen LogP contribution in [0.25, 0.3) is 22.3 Å². The molecule has 8 nitrogen and oxygen atoms in total. The van der Waals surface area contributed by atoms with Gasteiger partial charge >= 0.3 is 12.1 Å². The van der Waals surface area contributed by atoms with Crippen LogP contribution in [0.4, 0.5) is 13.2 Å². The summed E-state index contributed by atoms with van der Waals surface area (Å²) in [5, 5.41) is 22.5. The molecular formula is C32H28F3NO7. The van der Waals surface area contributed by atoms with Crippen LogP contribution in [0.2, 0.25) is 0 Å². The predicted molar refractivity (Wildman–Crippen MR) is 153 cm³/mol. The molecule has 0 radical (unpaired) electrons. The third-order valence-electron chi connectivity index (χ3n) is 6.78. The molecule has 4 rings (SSSR count). The maximum Gasteiger partial charge on any atom is 0.416 e. The number of hydrogen-bond acceptors (Lipinski definition) is 6.